The molecule has 0 N–H and O–H groups in total. The van der Waals surface area contributed by atoms with E-state index in [1.165, 1.54) is 20.9 Å². The van der Waals surface area contributed by atoms with Crippen LogP contribution in [0.2, 0.25) is 0 Å². The summed E-state index contributed by atoms with van der Waals surface area (Å²) in [4.78, 5) is 0. The van der Waals surface area contributed by atoms with Gasteiger partial charge in [-0.05, 0) is 108 Å². The Balaban J connectivity index is 1.95. The molecular formula is C38H40O2S. The van der Waals surface area contributed by atoms with Crippen LogP contribution in [0, 0.1) is 23.7 Å². The summed E-state index contributed by atoms with van der Waals surface area (Å²) in [6.45, 7) is 14.0. The van der Waals surface area contributed by atoms with Gasteiger partial charge in [-0.2, -0.15) is 0 Å². The van der Waals surface area contributed by atoms with Crippen molar-refractivity contribution in [2.45, 2.75) is 78.4 Å². The van der Waals surface area contributed by atoms with Crippen molar-refractivity contribution in [3.63, 3.8) is 0 Å². The highest BCUT2D eigenvalue weighted by atomic mass is 32.1. The fourth-order valence-electron chi connectivity index (χ4n) is 5.88. The van der Waals surface area contributed by atoms with Gasteiger partial charge in [-0.15, -0.1) is 11.3 Å². The molecule has 210 valence electrons. The first-order valence-corrected chi connectivity index (χ1v) is 16.0. The molecule has 0 radical (unpaired) electrons. The van der Waals surface area contributed by atoms with Gasteiger partial charge >= 0.3 is 0 Å². The van der Waals surface area contributed by atoms with Gasteiger partial charge in [-0.3, -0.25) is 0 Å². The molecule has 0 saturated heterocycles. The molecule has 0 bridgehead atoms. The van der Waals surface area contributed by atoms with Gasteiger partial charge in [0.05, 0.1) is 0 Å². The standard InChI is InChI=1S/C38H40O2S/c1-7-37(8-2,39-11-5)20-17-30-32-23-27-15-13-14-16-28(27)24-33(32)31(18-21-38(9-3,10-4)40-12-6)35-26-36-29(19-22-41-36)25-34(30)35/h13-16,19,22-26H,7-12H2,1-6H3. The monoisotopic (exact) mass is 560 g/mol. The predicted molar refractivity (Wildman–Crippen MR) is 178 cm³/mol. The fraction of sp³-hybridized carbons (Fsp3) is 0.368. The van der Waals surface area contributed by atoms with Crippen molar-refractivity contribution in [2.24, 2.45) is 0 Å². The van der Waals surface area contributed by atoms with Crippen LogP contribution in [0.15, 0.2) is 60.0 Å². The van der Waals surface area contributed by atoms with E-state index in [0.29, 0.717) is 13.2 Å². The van der Waals surface area contributed by atoms with E-state index in [-0.39, 0.29) is 0 Å². The molecule has 0 aliphatic rings. The molecule has 5 rings (SSSR count). The number of benzene rings is 4. The highest BCUT2D eigenvalue weighted by Gasteiger charge is 2.25. The van der Waals surface area contributed by atoms with Gasteiger partial charge in [0.25, 0.3) is 0 Å². The third-order valence-electron chi connectivity index (χ3n) is 8.51. The Morgan fingerprint density at radius 2 is 1.02 bits per heavy atom. The average molecular weight is 561 g/mol. The fourth-order valence-corrected chi connectivity index (χ4v) is 6.69. The van der Waals surface area contributed by atoms with Crippen LogP contribution >= 0.6 is 11.3 Å². The summed E-state index contributed by atoms with van der Waals surface area (Å²) in [5.74, 6) is 14.6. The highest BCUT2D eigenvalue weighted by molar-refractivity contribution is 7.17. The molecule has 0 fully saturated rings. The van der Waals surface area contributed by atoms with E-state index in [9.17, 15) is 0 Å². The third kappa shape index (κ3) is 5.48. The van der Waals surface area contributed by atoms with E-state index < -0.39 is 11.2 Å². The molecule has 0 saturated carbocycles. The minimum atomic E-state index is -0.464. The maximum Gasteiger partial charge on any atom is 0.128 e. The van der Waals surface area contributed by atoms with Gasteiger partial charge in [0.1, 0.15) is 11.2 Å². The maximum absolute atomic E-state index is 6.24. The summed E-state index contributed by atoms with van der Waals surface area (Å²) in [5.41, 5.74) is 1.17. The van der Waals surface area contributed by atoms with Gasteiger partial charge in [0, 0.05) is 34.4 Å². The van der Waals surface area contributed by atoms with E-state index in [4.69, 9.17) is 9.47 Å². The smallest absolute Gasteiger partial charge is 0.128 e. The second-order valence-corrected chi connectivity index (χ2v) is 11.6. The van der Waals surface area contributed by atoms with Crippen LogP contribution in [0.5, 0.6) is 0 Å². The molecular weight excluding hydrogens is 520 g/mol. The minimum absolute atomic E-state index is 0.463. The Hall–Kier alpha value is -3.34. The van der Waals surface area contributed by atoms with E-state index >= 15 is 0 Å². The van der Waals surface area contributed by atoms with Crippen molar-refractivity contribution in [3.8, 4) is 23.7 Å². The van der Waals surface area contributed by atoms with Crippen molar-refractivity contribution in [2.75, 3.05) is 13.2 Å². The van der Waals surface area contributed by atoms with Crippen molar-refractivity contribution >= 4 is 53.7 Å². The third-order valence-corrected chi connectivity index (χ3v) is 9.39. The lowest BCUT2D eigenvalue weighted by Gasteiger charge is -2.25. The topological polar surface area (TPSA) is 18.5 Å². The molecule has 2 nitrogen and oxygen atoms in total. The Kier molecular flexibility index (Phi) is 8.72. The molecule has 3 heteroatoms. The average Bonchev–Trinajstić information content (AvgIpc) is 3.47. The SMILES string of the molecule is CCOC(C#Cc1c2cc3ccccc3cc2c(C#CC(CC)(CC)OCC)c2cc3sccc3cc12)(CC)CC. The molecule has 1 aromatic heterocycles. The largest absolute Gasteiger partial charge is 0.363 e. The van der Waals surface area contributed by atoms with Crippen molar-refractivity contribution in [3.05, 3.63) is 71.1 Å². The number of fused-ring (bicyclic) bond motifs is 4. The molecule has 0 amide bonds. The van der Waals surface area contributed by atoms with Crippen LogP contribution in [-0.4, -0.2) is 24.4 Å². The zero-order chi connectivity index (χ0) is 29.0. The predicted octanol–water partition coefficient (Wildman–Crippen LogP) is 10.3. The van der Waals surface area contributed by atoms with E-state index in [0.717, 1.165) is 58.4 Å². The molecule has 0 spiro atoms. The Labute approximate surface area is 249 Å². The van der Waals surface area contributed by atoms with Crippen molar-refractivity contribution in [1.82, 2.24) is 0 Å². The second-order valence-electron chi connectivity index (χ2n) is 10.6. The maximum atomic E-state index is 6.24. The summed E-state index contributed by atoms with van der Waals surface area (Å²) in [5, 5.41) is 10.4. The first-order chi connectivity index (χ1) is 20.0. The molecule has 41 heavy (non-hydrogen) atoms. The Bertz CT molecular complexity index is 1700. The number of hydrogen-bond donors (Lipinski definition) is 0. The van der Waals surface area contributed by atoms with Gasteiger partial charge < -0.3 is 9.47 Å². The molecule has 0 aliphatic carbocycles. The molecule has 0 aliphatic heterocycles. The van der Waals surface area contributed by atoms with Crippen LogP contribution in [0.25, 0.3) is 42.4 Å². The Morgan fingerprint density at radius 3 is 1.46 bits per heavy atom. The molecule has 5 aromatic rings. The number of rotatable bonds is 8. The van der Waals surface area contributed by atoms with E-state index in [1.807, 2.05) is 6.92 Å². The first-order valence-electron chi connectivity index (χ1n) is 15.1. The van der Waals surface area contributed by atoms with E-state index in [1.54, 1.807) is 11.3 Å². The van der Waals surface area contributed by atoms with Crippen LogP contribution < -0.4 is 0 Å². The van der Waals surface area contributed by atoms with Gasteiger partial charge in [-0.25, -0.2) is 0 Å². The lowest BCUT2D eigenvalue weighted by Crippen LogP contribution is -2.29. The van der Waals surface area contributed by atoms with Gasteiger partial charge in [-0.1, -0.05) is 75.6 Å². The lowest BCUT2D eigenvalue weighted by atomic mass is 9.88. The first kappa shape index (κ1) is 29.2. The molecule has 1 heterocycles. The lowest BCUT2D eigenvalue weighted by molar-refractivity contribution is 0.00125. The zero-order valence-corrected chi connectivity index (χ0v) is 26.1. The van der Waals surface area contributed by atoms with Crippen LogP contribution in [0.3, 0.4) is 0 Å². The highest BCUT2D eigenvalue weighted by Crippen LogP contribution is 2.38. The summed E-state index contributed by atoms with van der Waals surface area (Å²) < 4.78 is 13.7. The minimum Gasteiger partial charge on any atom is -0.363 e. The summed E-state index contributed by atoms with van der Waals surface area (Å²) in [6, 6.07) is 20.0. The van der Waals surface area contributed by atoms with Crippen LogP contribution in [-0.2, 0) is 9.47 Å². The summed E-state index contributed by atoms with van der Waals surface area (Å²) >= 11 is 1.77. The Morgan fingerprint density at radius 1 is 0.585 bits per heavy atom. The van der Waals surface area contributed by atoms with E-state index in [2.05, 4.69) is 118 Å². The zero-order valence-electron chi connectivity index (χ0n) is 25.2. The second kappa shape index (κ2) is 12.3. The van der Waals surface area contributed by atoms with Gasteiger partial charge in [0.15, 0.2) is 0 Å². The number of thiophene rings is 1. The quantitative estimate of drug-likeness (QED) is 0.139. The molecule has 0 atom stereocenters. The molecule has 0 unspecified atom stereocenters. The van der Waals surface area contributed by atoms with Gasteiger partial charge in [0.2, 0.25) is 0 Å². The normalized spacial score (nSPS) is 12.0. The molecule has 4 aromatic carbocycles. The number of hydrogen-bond acceptors (Lipinski definition) is 3. The summed E-state index contributed by atoms with van der Waals surface area (Å²) in [7, 11) is 0. The van der Waals surface area contributed by atoms with Crippen molar-refractivity contribution in [1.29, 1.82) is 0 Å². The van der Waals surface area contributed by atoms with Crippen LogP contribution in [0.1, 0.15) is 78.4 Å². The summed E-state index contributed by atoms with van der Waals surface area (Å²) in [6.07, 6.45) is 3.37. The number of ether oxygens (including phenoxy) is 2. The van der Waals surface area contributed by atoms with Crippen LogP contribution in [0.4, 0.5) is 0 Å². The van der Waals surface area contributed by atoms with Crippen molar-refractivity contribution < 1.29 is 9.47 Å².